The summed E-state index contributed by atoms with van der Waals surface area (Å²) in [6, 6.07) is 3.51. The molecule has 178 valence electrons. The van der Waals surface area contributed by atoms with Gasteiger partial charge in [-0.2, -0.15) is 23.3 Å². The van der Waals surface area contributed by atoms with Crippen molar-refractivity contribution >= 4 is 22.8 Å². The summed E-state index contributed by atoms with van der Waals surface area (Å²) < 4.78 is 63.7. The molecule has 5 heterocycles. The lowest BCUT2D eigenvalue weighted by Gasteiger charge is -2.34. The number of nitrogens with one attached hydrogen (secondary N) is 1. The number of anilines is 2. The predicted octanol–water partition coefficient (Wildman–Crippen LogP) is 3.17. The van der Waals surface area contributed by atoms with E-state index in [1.165, 1.54) is 19.4 Å². The first kappa shape index (κ1) is 19.8. The third-order valence-electron chi connectivity index (χ3n) is 5.53. The van der Waals surface area contributed by atoms with Gasteiger partial charge in [-0.05, 0) is 17.7 Å². The molecule has 34 heavy (non-hydrogen) atoms. The van der Waals surface area contributed by atoms with E-state index in [9.17, 15) is 13.2 Å². The lowest BCUT2D eigenvalue weighted by atomic mass is 10.2. The zero-order valence-electron chi connectivity index (χ0n) is 20.4. The number of hydrogen-bond donors (Lipinski definition) is 1. The van der Waals surface area contributed by atoms with Crippen molar-refractivity contribution in [3.63, 3.8) is 0 Å². The number of pyridine rings is 1. The molecule has 0 aliphatic carbocycles. The third kappa shape index (κ3) is 4.28. The van der Waals surface area contributed by atoms with Crippen LogP contribution < -0.4 is 10.2 Å². The molecule has 0 aromatic carbocycles. The molecular weight excluding hydrogens is 449 g/mol. The molecule has 1 atom stereocenters. The van der Waals surface area contributed by atoms with Crippen molar-refractivity contribution < 1.29 is 20.6 Å². The van der Waals surface area contributed by atoms with Crippen molar-refractivity contribution in [1.82, 2.24) is 29.3 Å². The molecule has 1 aliphatic rings. The highest BCUT2D eigenvalue weighted by molar-refractivity contribution is 5.89. The molecule has 0 amide bonds. The second-order valence-electron chi connectivity index (χ2n) is 7.95. The van der Waals surface area contributed by atoms with Gasteiger partial charge in [0.1, 0.15) is 11.2 Å². The fraction of sp³-hybridized carbons (Fsp3) is 0.364. The fourth-order valence-corrected chi connectivity index (χ4v) is 3.80. The SMILES string of the molecule is [2H]C1([2H])[C@H](COC)N(C)c2nc(NCc3cnn(Cc4ccc(C(F)(F)F)nc4)c3)nc3ccn1c23. The summed E-state index contributed by atoms with van der Waals surface area (Å²) in [4.78, 5) is 14.4. The van der Waals surface area contributed by atoms with Crippen LogP contribution in [-0.2, 0) is 30.5 Å². The van der Waals surface area contributed by atoms with Gasteiger partial charge in [0.15, 0.2) is 5.82 Å². The van der Waals surface area contributed by atoms with E-state index in [0.717, 1.165) is 11.6 Å². The Balaban J connectivity index is 1.31. The minimum Gasteiger partial charge on any atom is -0.382 e. The van der Waals surface area contributed by atoms with E-state index in [0.29, 0.717) is 34.9 Å². The Hall–Kier alpha value is -3.67. The first-order valence-electron chi connectivity index (χ1n) is 11.5. The number of ether oxygens (including phenoxy) is 1. The molecule has 9 nitrogen and oxygen atoms in total. The van der Waals surface area contributed by atoms with Gasteiger partial charge in [-0.15, -0.1) is 0 Å². The van der Waals surface area contributed by atoms with Crippen LogP contribution in [0.1, 0.15) is 19.6 Å². The van der Waals surface area contributed by atoms with Crippen LogP contribution in [0.25, 0.3) is 11.0 Å². The van der Waals surface area contributed by atoms with Crippen LogP contribution in [0.2, 0.25) is 0 Å². The average Bonchev–Trinajstić information content (AvgIpc) is 3.46. The van der Waals surface area contributed by atoms with E-state index < -0.39 is 24.4 Å². The second kappa shape index (κ2) is 8.60. The largest absolute Gasteiger partial charge is 0.433 e. The van der Waals surface area contributed by atoms with Crippen molar-refractivity contribution in [3.05, 3.63) is 59.8 Å². The van der Waals surface area contributed by atoms with Crippen LogP contribution in [-0.4, -0.2) is 56.1 Å². The molecule has 1 aliphatic heterocycles. The smallest absolute Gasteiger partial charge is 0.382 e. The maximum Gasteiger partial charge on any atom is 0.433 e. The van der Waals surface area contributed by atoms with Gasteiger partial charge in [0.05, 0.1) is 33.6 Å². The molecule has 0 fully saturated rings. The predicted molar refractivity (Wildman–Crippen MR) is 119 cm³/mol. The number of alkyl halides is 3. The molecule has 0 bridgehead atoms. The lowest BCUT2D eigenvalue weighted by Crippen LogP contribution is -2.42. The van der Waals surface area contributed by atoms with Gasteiger partial charge in [-0.25, -0.2) is 4.98 Å². The van der Waals surface area contributed by atoms with Crippen LogP contribution in [0.5, 0.6) is 0 Å². The topological polar surface area (TPSA) is 85.9 Å². The number of halogens is 3. The number of likely N-dealkylation sites (N-methyl/N-ethyl adjacent to an activating group) is 1. The zero-order valence-corrected chi connectivity index (χ0v) is 18.4. The molecule has 0 spiro atoms. The normalized spacial score (nSPS) is 18.1. The Kier molecular flexibility index (Phi) is 5.00. The fourth-order valence-electron chi connectivity index (χ4n) is 3.80. The highest BCUT2D eigenvalue weighted by Gasteiger charge is 2.32. The van der Waals surface area contributed by atoms with E-state index >= 15 is 0 Å². The standard InChI is InChI=1S/C22H23F3N8O/c1-31-16(13-34-2)12-32-6-5-17-19(32)20(31)30-21(29-17)27-8-15-9-28-33(11-15)10-14-3-4-18(26-7-14)22(23,24)25/h3-7,9,11,16H,8,10,12-13H2,1-2H3,(H,27,29,30)/t16-/m1/s1/i12D2. The molecule has 0 radical (unpaired) electrons. The highest BCUT2D eigenvalue weighted by atomic mass is 19.4. The van der Waals surface area contributed by atoms with E-state index in [1.54, 1.807) is 45.9 Å². The Morgan fingerprint density at radius 3 is 2.79 bits per heavy atom. The van der Waals surface area contributed by atoms with Crippen LogP contribution in [0.3, 0.4) is 0 Å². The molecule has 5 rings (SSSR count). The molecule has 0 saturated heterocycles. The molecule has 0 saturated carbocycles. The van der Waals surface area contributed by atoms with Gasteiger partial charge in [-0.1, -0.05) is 6.07 Å². The molecule has 0 unspecified atom stereocenters. The number of rotatable bonds is 7. The minimum absolute atomic E-state index is 0.184. The van der Waals surface area contributed by atoms with Crippen LogP contribution >= 0.6 is 0 Å². The van der Waals surface area contributed by atoms with Crippen molar-refractivity contribution in [3.8, 4) is 0 Å². The zero-order chi connectivity index (χ0) is 25.7. The van der Waals surface area contributed by atoms with E-state index in [-0.39, 0.29) is 13.2 Å². The summed E-state index contributed by atoms with van der Waals surface area (Å²) in [5.74, 6) is 0.968. The van der Waals surface area contributed by atoms with Crippen molar-refractivity contribution in [2.75, 3.05) is 31.0 Å². The second-order valence-corrected chi connectivity index (χ2v) is 7.95. The van der Waals surface area contributed by atoms with Crippen molar-refractivity contribution in [1.29, 1.82) is 0 Å². The number of nitrogens with zero attached hydrogens (tertiary/aromatic N) is 7. The summed E-state index contributed by atoms with van der Waals surface area (Å²) in [5.41, 5.74) is 1.71. The van der Waals surface area contributed by atoms with Crippen molar-refractivity contribution in [2.24, 2.45) is 0 Å². The molecule has 4 aromatic heterocycles. The quantitative estimate of drug-likeness (QED) is 0.440. The summed E-state index contributed by atoms with van der Waals surface area (Å²) in [7, 11) is 3.32. The molecule has 1 N–H and O–H groups in total. The maximum absolute atomic E-state index is 12.7. The third-order valence-corrected chi connectivity index (χ3v) is 5.53. The highest BCUT2D eigenvalue weighted by Crippen LogP contribution is 2.31. The molecular formula is C22H23F3N8O. The summed E-state index contributed by atoms with van der Waals surface area (Å²) in [6.45, 7) is -0.875. The number of hydrogen-bond acceptors (Lipinski definition) is 7. The summed E-state index contributed by atoms with van der Waals surface area (Å²) in [5, 5.41) is 7.44. The first-order chi connectivity index (χ1) is 17.1. The van der Waals surface area contributed by atoms with E-state index in [2.05, 4.69) is 25.4 Å². The Labute approximate surface area is 196 Å². The Morgan fingerprint density at radius 1 is 1.21 bits per heavy atom. The van der Waals surface area contributed by atoms with Gasteiger partial charge in [-0.3, -0.25) is 9.67 Å². The van der Waals surface area contributed by atoms with Gasteiger partial charge in [0, 0.05) is 51.4 Å². The van der Waals surface area contributed by atoms with E-state index in [4.69, 9.17) is 7.48 Å². The lowest BCUT2D eigenvalue weighted by molar-refractivity contribution is -0.141. The van der Waals surface area contributed by atoms with E-state index in [1.807, 2.05) is 0 Å². The van der Waals surface area contributed by atoms with Crippen LogP contribution in [0, 0.1) is 0 Å². The minimum atomic E-state index is -4.47. The Morgan fingerprint density at radius 2 is 2.06 bits per heavy atom. The summed E-state index contributed by atoms with van der Waals surface area (Å²) >= 11 is 0. The van der Waals surface area contributed by atoms with Crippen LogP contribution in [0.15, 0.2) is 43.0 Å². The van der Waals surface area contributed by atoms with Gasteiger partial charge in [0.2, 0.25) is 5.95 Å². The molecule has 12 heteroatoms. The van der Waals surface area contributed by atoms with Crippen molar-refractivity contribution in [2.45, 2.75) is 31.8 Å². The molecule has 4 aromatic rings. The van der Waals surface area contributed by atoms with Gasteiger partial charge >= 0.3 is 6.18 Å². The maximum atomic E-state index is 12.7. The number of methoxy groups -OCH3 is 1. The average molecular weight is 474 g/mol. The van der Waals surface area contributed by atoms with Gasteiger partial charge in [0.25, 0.3) is 0 Å². The number of aromatic nitrogens is 6. The van der Waals surface area contributed by atoms with Gasteiger partial charge < -0.3 is 19.5 Å². The Bertz CT molecular complexity index is 1390. The first-order valence-corrected chi connectivity index (χ1v) is 10.5. The van der Waals surface area contributed by atoms with Crippen LogP contribution in [0.4, 0.5) is 24.9 Å². The summed E-state index contributed by atoms with van der Waals surface area (Å²) in [6.07, 6.45) is 1.82. The monoisotopic (exact) mass is 474 g/mol.